The van der Waals surface area contributed by atoms with Gasteiger partial charge < -0.3 is 4.90 Å². The number of H-pyrrole nitrogens is 1. The Morgan fingerprint density at radius 1 is 1.50 bits per heavy atom. The van der Waals surface area contributed by atoms with Crippen LogP contribution in [0.5, 0.6) is 0 Å². The number of aromatic nitrogens is 4. The molecule has 1 fully saturated rings. The molecule has 0 aromatic carbocycles. The molecule has 2 aromatic rings. The van der Waals surface area contributed by atoms with Crippen LogP contribution in [0.3, 0.4) is 0 Å². The minimum atomic E-state index is 0.151. The Morgan fingerprint density at radius 2 is 2.33 bits per heavy atom. The van der Waals surface area contributed by atoms with Gasteiger partial charge in [0.1, 0.15) is 0 Å². The monoisotopic (exact) mass is 330 g/mol. The molecule has 2 aromatic heterocycles. The molecule has 0 spiro atoms. The molecule has 0 bridgehead atoms. The Balaban J connectivity index is 1.53. The number of likely N-dealkylation sites (tertiary alicyclic amines) is 1. The number of piperidine rings is 1. The molecule has 1 amide bonds. The van der Waals surface area contributed by atoms with Crippen molar-refractivity contribution >= 4 is 5.91 Å². The van der Waals surface area contributed by atoms with Crippen LogP contribution in [0.4, 0.5) is 0 Å². The van der Waals surface area contributed by atoms with Crippen LogP contribution in [0.25, 0.3) is 0 Å². The molecule has 24 heavy (non-hydrogen) atoms. The van der Waals surface area contributed by atoms with E-state index in [1.807, 2.05) is 27.2 Å². The third-order valence-electron chi connectivity index (χ3n) is 4.61. The first-order valence-electron chi connectivity index (χ1n) is 8.47. The van der Waals surface area contributed by atoms with Crippen molar-refractivity contribution in [1.29, 1.82) is 0 Å². The highest BCUT2D eigenvalue weighted by Crippen LogP contribution is 2.25. The summed E-state index contributed by atoms with van der Waals surface area (Å²) < 4.78 is 1.76. The summed E-state index contributed by atoms with van der Waals surface area (Å²) in [5, 5.41) is 11.6. The SMILES string of the molecule is Cc1cc(C2CCCN(CC(=O)N(C)Cc3cnn(C)c3)C2)n[nH]1. The molecule has 7 nitrogen and oxygen atoms in total. The Morgan fingerprint density at radius 3 is 3.00 bits per heavy atom. The number of amides is 1. The van der Waals surface area contributed by atoms with Crippen LogP contribution in [-0.2, 0) is 18.4 Å². The lowest BCUT2D eigenvalue weighted by Crippen LogP contribution is -2.42. The van der Waals surface area contributed by atoms with Crippen molar-refractivity contribution in [2.45, 2.75) is 32.2 Å². The van der Waals surface area contributed by atoms with Crippen LogP contribution < -0.4 is 0 Å². The zero-order valence-corrected chi connectivity index (χ0v) is 14.7. The fraction of sp³-hybridized carbons (Fsp3) is 0.588. The molecule has 1 aliphatic heterocycles. The second kappa shape index (κ2) is 7.17. The molecule has 1 N–H and O–H groups in total. The van der Waals surface area contributed by atoms with Gasteiger partial charge in [-0.15, -0.1) is 0 Å². The topological polar surface area (TPSA) is 70.1 Å². The minimum Gasteiger partial charge on any atom is -0.340 e. The molecule has 3 rings (SSSR count). The predicted octanol–water partition coefficient (Wildman–Crippen LogP) is 1.29. The van der Waals surface area contributed by atoms with Crippen LogP contribution in [-0.4, -0.2) is 62.4 Å². The van der Waals surface area contributed by atoms with E-state index in [2.05, 4.69) is 26.3 Å². The molecule has 0 saturated carbocycles. The quantitative estimate of drug-likeness (QED) is 0.897. The molecule has 7 heteroatoms. The number of carbonyl (C=O) groups excluding carboxylic acids is 1. The zero-order valence-electron chi connectivity index (χ0n) is 14.7. The summed E-state index contributed by atoms with van der Waals surface area (Å²) in [6.07, 6.45) is 6.00. The summed E-state index contributed by atoms with van der Waals surface area (Å²) in [7, 11) is 3.74. The first-order valence-corrected chi connectivity index (χ1v) is 8.47. The molecule has 0 aliphatic carbocycles. The van der Waals surface area contributed by atoms with Gasteiger partial charge in [0.25, 0.3) is 0 Å². The van der Waals surface area contributed by atoms with Gasteiger partial charge in [-0.3, -0.25) is 19.5 Å². The maximum absolute atomic E-state index is 12.5. The largest absolute Gasteiger partial charge is 0.340 e. The number of rotatable bonds is 5. The van der Waals surface area contributed by atoms with Crippen LogP contribution in [0.2, 0.25) is 0 Å². The molecule has 0 radical (unpaired) electrons. The fourth-order valence-corrected chi connectivity index (χ4v) is 3.32. The summed E-state index contributed by atoms with van der Waals surface area (Å²) in [4.78, 5) is 16.5. The van der Waals surface area contributed by atoms with Crippen LogP contribution in [0.15, 0.2) is 18.5 Å². The summed E-state index contributed by atoms with van der Waals surface area (Å²) >= 11 is 0. The number of hydrogen-bond donors (Lipinski definition) is 1. The second-order valence-electron chi connectivity index (χ2n) is 6.82. The Hall–Kier alpha value is -2.15. The molecule has 3 heterocycles. The number of carbonyl (C=O) groups is 1. The lowest BCUT2D eigenvalue weighted by atomic mass is 9.94. The first kappa shape index (κ1) is 16.7. The number of likely N-dealkylation sites (N-methyl/N-ethyl adjacent to an activating group) is 1. The van der Waals surface area contributed by atoms with Gasteiger partial charge in [0.15, 0.2) is 0 Å². The number of aryl methyl sites for hydroxylation is 2. The average Bonchev–Trinajstić information content (AvgIpc) is 3.16. The lowest BCUT2D eigenvalue weighted by molar-refractivity contribution is -0.131. The van der Waals surface area contributed by atoms with E-state index in [-0.39, 0.29) is 5.91 Å². The normalized spacial score (nSPS) is 18.7. The van der Waals surface area contributed by atoms with Crippen LogP contribution in [0.1, 0.15) is 35.7 Å². The van der Waals surface area contributed by atoms with Crippen molar-refractivity contribution in [2.24, 2.45) is 7.05 Å². The van der Waals surface area contributed by atoms with Gasteiger partial charge in [0, 0.05) is 50.6 Å². The highest BCUT2D eigenvalue weighted by Gasteiger charge is 2.25. The van der Waals surface area contributed by atoms with E-state index >= 15 is 0 Å². The lowest BCUT2D eigenvalue weighted by Gasteiger charge is -2.32. The minimum absolute atomic E-state index is 0.151. The highest BCUT2D eigenvalue weighted by molar-refractivity contribution is 5.78. The van der Waals surface area contributed by atoms with Gasteiger partial charge in [-0.2, -0.15) is 10.2 Å². The van der Waals surface area contributed by atoms with E-state index < -0.39 is 0 Å². The molecular formula is C17H26N6O. The van der Waals surface area contributed by atoms with Crippen molar-refractivity contribution in [3.05, 3.63) is 35.4 Å². The van der Waals surface area contributed by atoms with Crippen LogP contribution >= 0.6 is 0 Å². The Labute approximate surface area is 142 Å². The van der Waals surface area contributed by atoms with Crippen molar-refractivity contribution in [3.63, 3.8) is 0 Å². The number of hydrogen-bond acceptors (Lipinski definition) is 4. The smallest absolute Gasteiger partial charge is 0.236 e. The van der Waals surface area contributed by atoms with E-state index in [1.165, 1.54) is 0 Å². The van der Waals surface area contributed by atoms with Gasteiger partial charge in [0.05, 0.1) is 18.4 Å². The molecule has 1 unspecified atom stereocenters. The third-order valence-corrected chi connectivity index (χ3v) is 4.61. The maximum atomic E-state index is 12.5. The van der Waals surface area contributed by atoms with E-state index in [0.717, 1.165) is 42.9 Å². The van der Waals surface area contributed by atoms with E-state index in [1.54, 1.807) is 15.8 Å². The molecule has 1 aliphatic rings. The number of nitrogens with zero attached hydrogens (tertiary/aromatic N) is 5. The maximum Gasteiger partial charge on any atom is 0.236 e. The van der Waals surface area contributed by atoms with Gasteiger partial charge in [-0.1, -0.05) is 0 Å². The van der Waals surface area contributed by atoms with Gasteiger partial charge in [-0.05, 0) is 32.4 Å². The number of nitrogens with one attached hydrogen (secondary N) is 1. The van der Waals surface area contributed by atoms with Crippen LogP contribution in [0, 0.1) is 6.92 Å². The van der Waals surface area contributed by atoms with E-state index in [4.69, 9.17) is 0 Å². The van der Waals surface area contributed by atoms with Crippen molar-refractivity contribution in [1.82, 2.24) is 29.8 Å². The van der Waals surface area contributed by atoms with Crippen molar-refractivity contribution < 1.29 is 4.79 Å². The van der Waals surface area contributed by atoms with Gasteiger partial charge in [-0.25, -0.2) is 0 Å². The van der Waals surface area contributed by atoms with E-state index in [0.29, 0.717) is 19.0 Å². The summed E-state index contributed by atoms with van der Waals surface area (Å²) in [6.45, 7) is 4.97. The highest BCUT2D eigenvalue weighted by atomic mass is 16.2. The molecule has 130 valence electrons. The van der Waals surface area contributed by atoms with Crippen molar-refractivity contribution in [2.75, 3.05) is 26.7 Å². The summed E-state index contributed by atoms with van der Waals surface area (Å²) in [6, 6.07) is 2.12. The second-order valence-corrected chi connectivity index (χ2v) is 6.82. The van der Waals surface area contributed by atoms with E-state index in [9.17, 15) is 4.79 Å². The zero-order chi connectivity index (χ0) is 17.1. The first-order chi connectivity index (χ1) is 11.5. The Bertz CT molecular complexity index is 691. The molecule has 1 saturated heterocycles. The number of aromatic amines is 1. The third kappa shape index (κ3) is 4.03. The van der Waals surface area contributed by atoms with Gasteiger partial charge >= 0.3 is 0 Å². The van der Waals surface area contributed by atoms with Crippen molar-refractivity contribution in [3.8, 4) is 0 Å². The molecular weight excluding hydrogens is 304 g/mol. The molecule has 1 atom stereocenters. The standard InChI is InChI=1S/C17H26N6O/c1-13-7-16(20-19-13)15-5-4-6-23(11-15)12-17(24)21(2)9-14-8-18-22(3)10-14/h7-8,10,15H,4-6,9,11-12H2,1-3H3,(H,19,20). The summed E-state index contributed by atoms with van der Waals surface area (Å²) in [5.74, 6) is 0.567. The Kier molecular flexibility index (Phi) is 4.99. The van der Waals surface area contributed by atoms with Gasteiger partial charge in [0.2, 0.25) is 5.91 Å². The average molecular weight is 330 g/mol. The summed E-state index contributed by atoms with van der Waals surface area (Å²) in [5.41, 5.74) is 3.26. The predicted molar refractivity (Wildman–Crippen MR) is 91.4 cm³/mol. The fourth-order valence-electron chi connectivity index (χ4n) is 3.32.